The summed E-state index contributed by atoms with van der Waals surface area (Å²) in [4.78, 5) is 0. The monoisotopic (exact) mass is 257 g/mol. The van der Waals surface area contributed by atoms with Gasteiger partial charge < -0.3 is 5.32 Å². The lowest BCUT2D eigenvalue weighted by Gasteiger charge is -2.30. The maximum Gasteiger partial charge on any atom is 0.194 e. The summed E-state index contributed by atoms with van der Waals surface area (Å²) in [5.74, 6) is -3.50. The molecule has 1 fully saturated rings. The van der Waals surface area contributed by atoms with E-state index in [1.54, 1.807) is 0 Å². The van der Waals surface area contributed by atoms with Gasteiger partial charge in [0.05, 0.1) is 0 Å². The Morgan fingerprint density at radius 1 is 1.17 bits per heavy atom. The zero-order valence-electron chi connectivity index (χ0n) is 10.5. The molecule has 0 amide bonds. The van der Waals surface area contributed by atoms with Gasteiger partial charge in [0, 0.05) is 6.04 Å². The zero-order chi connectivity index (χ0) is 13.1. The topological polar surface area (TPSA) is 12.0 Å². The highest BCUT2D eigenvalue weighted by Crippen LogP contribution is 2.35. The van der Waals surface area contributed by atoms with Gasteiger partial charge in [0.25, 0.3) is 0 Å². The molecule has 0 saturated heterocycles. The third-order valence-electron chi connectivity index (χ3n) is 3.67. The smallest absolute Gasteiger partial charge is 0.194 e. The molecular formula is C14H18F3N. The van der Waals surface area contributed by atoms with E-state index in [-0.39, 0.29) is 5.92 Å². The van der Waals surface area contributed by atoms with Crippen LogP contribution < -0.4 is 5.32 Å². The first kappa shape index (κ1) is 13.4. The molecule has 0 heterocycles. The zero-order valence-corrected chi connectivity index (χ0v) is 10.5. The van der Waals surface area contributed by atoms with Crippen LogP contribution in [0.15, 0.2) is 12.1 Å². The van der Waals surface area contributed by atoms with Crippen molar-refractivity contribution in [1.82, 2.24) is 5.32 Å². The Bertz CT molecular complexity index is 418. The number of rotatable bonds is 3. The van der Waals surface area contributed by atoms with Gasteiger partial charge in [-0.15, -0.1) is 0 Å². The predicted octanol–water partition coefficient (Wildman–Crippen LogP) is 3.74. The van der Waals surface area contributed by atoms with Crippen molar-refractivity contribution in [3.05, 3.63) is 35.1 Å². The molecule has 4 heteroatoms. The van der Waals surface area contributed by atoms with Crippen molar-refractivity contribution in [2.24, 2.45) is 0 Å². The number of hydrogen-bond donors (Lipinski definition) is 1. The average molecular weight is 257 g/mol. The minimum absolute atomic E-state index is 0.0158. The van der Waals surface area contributed by atoms with Crippen LogP contribution >= 0.6 is 0 Å². The lowest BCUT2D eigenvalue weighted by Crippen LogP contribution is -2.33. The molecule has 2 unspecified atom stereocenters. The average Bonchev–Trinajstić information content (AvgIpc) is 2.37. The van der Waals surface area contributed by atoms with E-state index < -0.39 is 17.5 Å². The lowest BCUT2D eigenvalue weighted by molar-refractivity contribution is 0.334. The van der Waals surface area contributed by atoms with Crippen LogP contribution in [0, 0.1) is 17.5 Å². The van der Waals surface area contributed by atoms with Crippen LogP contribution in [0.4, 0.5) is 13.2 Å². The number of benzene rings is 1. The van der Waals surface area contributed by atoms with Crippen molar-refractivity contribution >= 4 is 0 Å². The van der Waals surface area contributed by atoms with Crippen molar-refractivity contribution in [2.45, 2.75) is 44.6 Å². The Labute approximate surface area is 105 Å². The number of hydrogen-bond acceptors (Lipinski definition) is 1. The first-order chi connectivity index (χ1) is 8.63. The van der Waals surface area contributed by atoms with Crippen LogP contribution in [0.3, 0.4) is 0 Å². The highest BCUT2D eigenvalue weighted by Gasteiger charge is 2.26. The molecular weight excluding hydrogens is 239 g/mol. The highest BCUT2D eigenvalue weighted by molar-refractivity contribution is 5.24. The van der Waals surface area contributed by atoms with Crippen LogP contribution in [0.5, 0.6) is 0 Å². The van der Waals surface area contributed by atoms with Crippen LogP contribution in [0.25, 0.3) is 0 Å². The molecule has 2 rings (SSSR count). The minimum Gasteiger partial charge on any atom is -0.314 e. The molecule has 1 N–H and O–H groups in total. The molecule has 100 valence electrons. The van der Waals surface area contributed by atoms with E-state index >= 15 is 0 Å². The maximum absolute atomic E-state index is 13.7. The molecule has 18 heavy (non-hydrogen) atoms. The Kier molecular flexibility index (Phi) is 4.27. The standard InChI is InChI=1S/C14H18F3N/c1-2-18-10-5-3-4-9(8-10)11-6-7-12(15)14(17)13(11)16/h6-7,9-10,18H,2-5,8H2,1H3. The van der Waals surface area contributed by atoms with Crippen molar-refractivity contribution in [3.63, 3.8) is 0 Å². The highest BCUT2D eigenvalue weighted by atomic mass is 19.2. The second-order valence-electron chi connectivity index (χ2n) is 4.88. The first-order valence-corrected chi connectivity index (χ1v) is 6.50. The van der Waals surface area contributed by atoms with Crippen molar-refractivity contribution in [3.8, 4) is 0 Å². The van der Waals surface area contributed by atoms with Gasteiger partial charge in [0.15, 0.2) is 17.5 Å². The van der Waals surface area contributed by atoms with E-state index in [2.05, 4.69) is 5.32 Å². The van der Waals surface area contributed by atoms with E-state index in [9.17, 15) is 13.2 Å². The van der Waals surface area contributed by atoms with Crippen molar-refractivity contribution in [2.75, 3.05) is 6.54 Å². The molecule has 0 radical (unpaired) electrons. The maximum atomic E-state index is 13.7. The van der Waals surface area contributed by atoms with Crippen LogP contribution in [-0.4, -0.2) is 12.6 Å². The molecule has 1 aromatic carbocycles. The van der Waals surface area contributed by atoms with E-state index in [1.165, 1.54) is 6.07 Å². The Morgan fingerprint density at radius 2 is 1.94 bits per heavy atom. The van der Waals surface area contributed by atoms with Crippen molar-refractivity contribution in [1.29, 1.82) is 0 Å². The van der Waals surface area contributed by atoms with Gasteiger partial charge in [-0.1, -0.05) is 19.4 Å². The van der Waals surface area contributed by atoms with E-state index in [0.29, 0.717) is 11.6 Å². The van der Waals surface area contributed by atoms with Gasteiger partial charge in [-0.25, -0.2) is 13.2 Å². The van der Waals surface area contributed by atoms with E-state index in [0.717, 1.165) is 38.3 Å². The summed E-state index contributed by atoms with van der Waals surface area (Å²) in [5, 5.41) is 3.34. The first-order valence-electron chi connectivity index (χ1n) is 6.50. The summed E-state index contributed by atoms with van der Waals surface area (Å²) in [6.45, 7) is 2.90. The quantitative estimate of drug-likeness (QED) is 0.813. The Hall–Kier alpha value is -1.03. The van der Waals surface area contributed by atoms with E-state index in [1.807, 2.05) is 6.92 Å². The Balaban J connectivity index is 2.18. The second-order valence-corrected chi connectivity index (χ2v) is 4.88. The molecule has 1 aliphatic carbocycles. The number of nitrogens with one attached hydrogen (secondary N) is 1. The summed E-state index contributed by atoms with van der Waals surface area (Å²) in [6.07, 6.45) is 3.68. The van der Waals surface area contributed by atoms with Gasteiger partial charge in [-0.3, -0.25) is 0 Å². The fraction of sp³-hybridized carbons (Fsp3) is 0.571. The van der Waals surface area contributed by atoms with Crippen LogP contribution in [0.1, 0.15) is 44.1 Å². The summed E-state index contributed by atoms with van der Waals surface area (Å²) in [6, 6.07) is 2.75. The molecule has 0 spiro atoms. The summed E-state index contributed by atoms with van der Waals surface area (Å²) in [5.41, 5.74) is 0.316. The summed E-state index contributed by atoms with van der Waals surface area (Å²) in [7, 11) is 0. The molecule has 1 aromatic rings. The molecule has 1 saturated carbocycles. The summed E-state index contributed by atoms with van der Waals surface area (Å²) >= 11 is 0. The fourth-order valence-corrected chi connectivity index (χ4v) is 2.80. The minimum atomic E-state index is -1.35. The lowest BCUT2D eigenvalue weighted by atomic mass is 9.81. The molecule has 0 aliphatic heterocycles. The van der Waals surface area contributed by atoms with Crippen LogP contribution in [-0.2, 0) is 0 Å². The third-order valence-corrected chi connectivity index (χ3v) is 3.67. The fourth-order valence-electron chi connectivity index (χ4n) is 2.80. The Morgan fingerprint density at radius 3 is 2.67 bits per heavy atom. The van der Waals surface area contributed by atoms with Gasteiger partial charge in [-0.05, 0) is 43.4 Å². The van der Waals surface area contributed by atoms with Gasteiger partial charge in [-0.2, -0.15) is 0 Å². The largest absolute Gasteiger partial charge is 0.314 e. The normalized spacial score (nSPS) is 24.2. The van der Waals surface area contributed by atoms with Crippen LogP contribution in [0.2, 0.25) is 0 Å². The number of halogens is 3. The second kappa shape index (κ2) is 5.74. The van der Waals surface area contributed by atoms with Crippen molar-refractivity contribution < 1.29 is 13.2 Å². The van der Waals surface area contributed by atoms with E-state index in [4.69, 9.17) is 0 Å². The molecule has 0 bridgehead atoms. The van der Waals surface area contributed by atoms with Gasteiger partial charge >= 0.3 is 0 Å². The molecule has 1 nitrogen and oxygen atoms in total. The van der Waals surface area contributed by atoms with Gasteiger partial charge in [0.1, 0.15) is 0 Å². The molecule has 2 atom stereocenters. The third kappa shape index (κ3) is 2.69. The molecule has 0 aromatic heterocycles. The SMILES string of the molecule is CCNC1CCCC(c2ccc(F)c(F)c2F)C1. The summed E-state index contributed by atoms with van der Waals surface area (Å²) < 4.78 is 39.8. The molecule has 1 aliphatic rings. The predicted molar refractivity (Wildman–Crippen MR) is 65.0 cm³/mol. The van der Waals surface area contributed by atoms with Gasteiger partial charge in [0.2, 0.25) is 0 Å².